The number of halogens is 1. The molecule has 2 aromatic heterocycles. The fourth-order valence-corrected chi connectivity index (χ4v) is 2.19. The molecule has 3 rings (SSSR count). The van der Waals surface area contributed by atoms with Gasteiger partial charge in [0.25, 0.3) is 5.56 Å². The largest absolute Gasteiger partial charge is 0.455 e. The van der Waals surface area contributed by atoms with Gasteiger partial charge in [-0.2, -0.15) is 9.78 Å². The van der Waals surface area contributed by atoms with Gasteiger partial charge in [0.1, 0.15) is 23.2 Å². The summed E-state index contributed by atoms with van der Waals surface area (Å²) in [5.74, 6) is 0.625. The van der Waals surface area contributed by atoms with Gasteiger partial charge in [-0.25, -0.2) is 4.39 Å². The van der Waals surface area contributed by atoms with Crippen molar-refractivity contribution in [2.24, 2.45) is 5.10 Å². The van der Waals surface area contributed by atoms with E-state index in [0.29, 0.717) is 17.1 Å². The molecule has 5 nitrogen and oxygen atoms in total. The first-order valence-corrected chi connectivity index (χ1v) is 6.93. The van der Waals surface area contributed by atoms with Crippen LogP contribution in [0.3, 0.4) is 0 Å². The first-order valence-electron chi connectivity index (χ1n) is 6.93. The number of hydrogen-bond acceptors (Lipinski definition) is 4. The highest BCUT2D eigenvalue weighted by atomic mass is 19.1. The predicted molar refractivity (Wildman–Crippen MR) is 86.9 cm³/mol. The Morgan fingerprint density at radius 1 is 1.22 bits per heavy atom. The fourth-order valence-electron chi connectivity index (χ4n) is 2.19. The minimum absolute atomic E-state index is 0.229. The number of aryl methyl sites for hydroxylation is 1. The molecule has 6 heteroatoms. The number of nitrogens with two attached hydrogens (primary N) is 1. The van der Waals surface area contributed by atoms with E-state index in [0.717, 1.165) is 10.2 Å². The number of anilines is 1. The van der Waals surface area contributed by atoms with Crippen molar-refractivity contribution in [3.63, 3.8) is 0 Å². The second-order valence-corrected chi connectivity index (χ2v) is 5.03. The molecule has 0 fully saturated rings. The van der Waals surface area contributed by atoms with E-state index in [1.54, 1.807) is 43.3 Å². The van der Waals surface area contributed by atoms with Crippen LogP contribution in [-0.2, 0) is 0 Å². The van der Waals surface area contributed by atoms with E-state index in [2.05, 4.69) is 5.10 Å². The Morgan fingerprint density at radius 3 is 2.74 bits per heavy atom. The Hall–Kier alpha value is -3.15. The molecule has 0 aliphatic rings. The van der Waals surface area contributed by atoms with Gasteiger partial charge in [-0.1, -0.05) is 12.1 Å². The zero-order valence-corrected chi connectivity index (χ0v) is 12.4. The molecule has 0 aliphatic carbocycles. The van der Waals surface area contributed by atoms with E-state index in [1.165, 1.54) is 18.3 Å². The van der Waals surface area contributed by atoms with E-state index in [-0.39, 0.29) is 17.2 Å². The summed E-state index contributed by atoms with van der Waals surface area (Å²) in [6.45, 7) is 1.78. The quantitative estimate of drug-likeness (QED) is 0.756. The van der Waals surface area contributed by atoms with Crippen LogP contribution < -0.4 is 11.3 Å². The van der Waals surface area contributed by atoms with Crippen molar-refractivity contribution in [2.75, 3.05) is 5.73 Å². The van der Waals surface area contributed by atoms with Crippen molar-refractivity contribution in [1.82, 2.24) is 4.68 Å². The van der Waals surface area contributed by atoms with Crippen LogP contribution in [0.1, 0.15) is 11.3 Å². The number of hydrogen-bond donors (Lipinski definition) is 1. The molecule has 2 N–H and O–H groups in total. The molecule has 0 aliphatic heterocycles. The summed E-state index contributed by atoms with van der Waals surface area (Å²) in [6, 6.07) is 12.7. The highest BCUT2D eigenvalue weighted by molar-refractivity contribution is 5.77. The summed E-state index contributed by atoms with van der Waals surface area (Å²) < 4.78 is 20.3. The molecule has 0 amide bonds. The number of aromatic nitrogens is 1. The van der Waals surface area contributed by atoms with Crippen LogP contribution in [-0.4, -0.2) is 10.9 Å². The van der Waals surface area contributed by atoms with Gasteiger partial charge >= 0.3 is 0 Å². The summed E-state index contributed by atoms with van der Waals surface area (Å²) in [4.78, 5) is 11.8. The third-order valence-electron chi connectivity index (χ3n) is 3.25. The van der Waals surface area contributed by atoms with Crippen LogP contribution in [0.2, 0.25) is 0 Å². The molecular weight excluding hydrogens is 297 g/mol. The van der Waals surface area contributed by atoms with Crippen molar-refractivity contribution < 1.29 is 8.81 Å². The highest BCUT2D eigenvalue weighted by Crippen LogP contribution is 2.24. The number of nitrogen functional groups attached to an aromatic ring is 1. The maximum Gasteiger partial charge on any atom is 0.273 e. The van der Waals surface area contributed by atoms with Gasteiger partial charge in [-0.15, -0.1) is 0 Å². The van der Waals surface area contributed by atoms with E-state index in [9.17, 15) is 9.18 Å². The van der Waals surface area contributed by atoms with Gasteiger partial charge in [-0.05, 0) is 42.8 Å². The average molecular weight is 311 g/mol. The molecule has 3 aromatic rings. The molecule has 0 radical (unpaired) electrons. The van der Waals surface area contributed by atoms with Crippen molar-refractivity contribution in [3.05, 3.63) is 76.0 Å². The van der Waals surface area contributed by atoms with E-state index >= 15 is 0 Å². The SMILES string of the molecule is Cc1cc(N)n(/N=C\c2ccc(-c3ccccc3F)o2)c(=O)c1. The van der Waals surface area contributed by atoms with Gasteiger partial charge in [0, 0.05) is 6.07 Å². The smallest absolute Gasteiger partial charge is 0.273 e. The number of pyridine rings is 1. The standard InChI is InChI=1S/C17H14FN3O2/c1-11-8-16(19)21(17(22)9-11)20-10-12-6-7-15(23-12)13-4-2-3-5-14(13)18/h2-10H,19H2,1H3/b20-10-. The maximum absolute atomic E-state index is 13.7. The zero-order chi connectivity index (χ0) is 16.4. The van der Waals surface area contributed by atoms with E-state index in [1.807, 2.05) is 0 Å². The monoisotopic (exact) mass is 311 g/mol. The van der Waals surface area contributed by atoms with E-state index < -0.39 is 0 Å². The minimum Gasteiger partial charge on any atom is -0.455 e. The van der Waals surface area contributed by atoms with Crippen LogP contribution >= 0.6 is 0 Å². The first-order chi connectivity index (χ1) is 11.0. The van der Waals surface area contributed by atoms with E-state index in [4.69, 9.17) is 10.2 Å². The lowest BCUT2D eigenvalue weighted by Crippen LogP contribution is -2.19. The van der Waals surface area contributed by atoms with Gasteiger partial charge in [0.2, 0.25) is 0 Å². The average Bonchev–Trinajstić information content (AvgIpc) is 2.95. The lowest BCUT2D eigenvalue weighted by atomic mass is 10.1. The van der Waals surface area contributed by atoms with Crippen molar-refractivity contribution in [1.29, 1.82) is 0 Å². The zero-order valence-electron chi connectivity index (χ0n) is 12.4. The second kappa shape index (κ2) is 5.92. The molecule has 1 aromatic carbocycles. The number of nitrogens with zero attached hydrogens (tertiary/aromatic N) is 2. The fraction of sp³-hybridized carbons (Fsp3) is 0.0588. The third-order valence-corrected chi connectivity index (χ3v) is 3.25. The molecule has 0 atom stereocenters. The molecule has 0 saturated heterocycles. The van der Waals surface area contributed by atoms with Crippen molar-refractivity contribution in [3.8, 4) is 11.3 Å². The molecule has 0 spiro atoms. The molecule has 0 bridgehead atoms. The van der Waals surface area contributed by atoms with Crippen LogP contribution in [0.4, 0.5) is 10.2 Å². The normalized spacial score (nSPS) is 11.2. The number of benzene rings is 1. The number of furan rings is 1. The topological polar surface area (TPSA) is 73.5 Å². The van der Waals surface area contributed by atoms with Gasteiger partial charge in [0.15, 0.2) is 0 Å². The lowest BCUT2D eigenvalue weighted by molar-refractivity contribution is 0.563. The molecule has 23 heavy (non-hydrogen) atoms. The molecule has 2 heterocycles. The van der Waals surface area contributed by atoms with Gasteiger partial charge in [-0.3, -0.25) is 4.79 Å². The Morgan fingerprint density at radius 2 is 2.00 bits per heavy atom. The maximum atomic E-state index is 13.7. The molecular formula is C17H14FN3O2. The first kappa shape index (κ1) is 14.8. The second-order valence-electron chi connectivity index (χ2n) is 5.03. The highest BCUT2D eigenvalue weighted by Gasteiger charge is 2.08. The summed E-state index contributed by atoms with van der Waals surface area (Å²) in [7, 11) is 0. The van der Waals surface area contributed by atoms with Crippen molar-refractivity contribution in [2.45, 2.75) is 6.92 Å². The summed E-state index contributed by atoms with van der Waals surface area (Å²) in [6.07, 6.45) is 1.36. The predicted octanol–water partition coefficient (Wildman–Crippen LogP) is 3.02. The number of rotatable bonds is 3. The van der Waals surface area contributed by atoms with Gasteiger partial charge < -0.3 is 10.2 Å². The molecule has 116 valence electrons. The Balaban J connectivity index is 1.91. The van der Waals surface area contributed by atoms with Crippen molar-refractivity contribution >= 4 is 12.0 Å². The molecule has 0 saturated carbocycles. The minimum atomic E-state index is -0.371. The van der Waals surface area contributed by atoms with Crippen LogP contribution in [0.25, 0.3) is 11.3 Å². The summed E-state index contributed by atoms with van der Waals surface area (Å²) in [5, 5.41) is 4.01. The summed E-state index contributed by atoms with van der Waals surface area (Å²) >= 11 is 0. The van der Waals surface area contributed by atoms with Crippen LogP contribution in [0, 0.1) is 12.7 Å². The summed E-state index contributed by atoms with van der Waals surface area (Å²) in [5.41, 5.74) is 6.56. The Bertz CT molecular complexity index is 941. The van der Waals surface area contributed by atoms with Crippen LogP contribution in [0.5, 0.6) is 0 Å². The van der Waals surface area contributed by atoms with Crippen LogP contribution in [0.15, 0.2) is 62.8 Å². The van der Waals surface area contributed by atoms with Gasteiger partial charge in [0.05, 0.1) is 11.8 Å². The third kappa shape index (κ3) is 3.06. The Kier molecular flexibility index (Phi) is 3.80. The molecule has 0 unspecified atom stereocenters. The Labute approximate surface area is 131 Å². The lowest BCUT2D eigenvalue weighted by Gasteiger charge is -2.03.